The zero-order valence-electron chi connectivity index (χ0n) is 14.0. The molecule has 0 heterocycles. The second-order valence-electron chi connectivity index (χ2n) is 7.17. The zero-order chi connectivity index (χ0) is 17.1. The predicted octanol–water partition coefficient (Wildman–Crippen LogP) is 2.21. The van der Waals surface area contributed by atoms with E-state index in [0.717, 1.165) is 12.0 Å². The Labute approximate surface area is 135 Å². The predicted molar refractivity (Wildman–Crippen MR) is 82.2 cm³/mol. The Hall–Kier alpha value is -1.91. The van der Waals surface area contributed by atoms with Gasteiger partial charge in [0.05, 0.1) is 7.11 Å². The number of hydrogen-bond acceptors (Lipinski definition) is 5. The van der Waals surface area contributed by atoms with E-state index in [-0.39, 0.29) is 28.3 Å². The number of carbonyl (C=O) groups is 3. The molecule has 0 spiro atoms. The van der Waals surface area contributed by atoms with Crippen LogP contribution in [0.3, 0.4) is 0 Å². The summed E-state index contributed by atoms with van der Waals surface area (Å²) < 4.78 is 10.3. The van der Waals surface area contributed by atoms with E-state index in [2.05, 4.69) is 13.5 Å². The van der Waals surface area contributed by atoms with Crippen LogP contribution in [0.15, 0.2) is 23.3 Å². The Morgan fingerprint density at radius 1 is 1.30 bits per heavy atom. The van der Waals surface area contributed by atoms with E-state index in [1.807, 2.05) is 0 Å². The molecule has 5 heteroatoms. The second kappa shape index (κ2) is 5.05. The third kappa shape index (κ3) is 2.17. The number of esters is 2. The fourth-order valence-corrected chi connectivity index (χ4v) is 4.76. The molecule has 5 atom stereocenters. The third-order valence-corrected chi connectivity index (χ3v) is 5.84. The van der Waals surface area contributed by atoms with Gasteiger partial charge in [-0.1, -0.05) is 19.1 Å². The van der Waals surface area contributed by atoms with Gasteiger partial charge in [-0.2, -0.15) is 0 Å². The van der Waals surface area contributed by atoms with Gasteiger partial charge in [0, 0.05) is 30.4 Å². The van der Waals surface area contributed by atoms with Crippen molar-refractivity contribution in [3.63, 3.8) is 0 Å². The van der Waals surface area contributed by atoms with Gasteiger partial charge in [-0.3, -0.25) is 9.59 Å². The molecule has 0 aromatic heterocycles. The van der Waals surface area contributed by atoms with Gasteiger partial charge in [0.25, 0.3) is 0 Å². The highest BCUT2D eigenvalue weighted by atomic mass is 16.5. The van der Waals surface area contributed by atoms with Crippen molar-refractivity contribution in [2.24, 2.45) is 23.2 Å². The van der Waals surface area contributed by atoms with E-state index in [4.69, 9.17) is 9.47 Å². The molecule has 0 aromatic carbocycles. The maximum absolute atomic E-state index is 12.8. The molecule has 5 unspecified atom stereocenters. The van der Waals surface area contributed by atoms with Crippen molar-refractivity contribution >= 4 is 17.7 Å². The van der Waals surface area contributed by atoms with E-state index in [1.54, 1.807) is 6.92 Å². The summed E-state index contributed by atoms with van der Waals surface area (Å²) in [7, 11) is 1.27. The fraction of sp³-hybridized carbons (Fsp3) is 0.611. The van der Waals surface area contributed by atoms with Crippen molar-refractivity contribution in [1.82, 2.24) is 0 Å². The highest BCUT2D eigenvalue weighted by Crippen LogP contribution is 2.71. The molecule has 0 aromatic rings. The Balaban J connectivity index is 2.11. The fourth-order valence-electron chi connectivity index (χ4n) is 4.76. The molecule has 23 heavy (non-hydrogen) atoms. The van der Waals surface area contributed by atoms with Crippen LogP contribution >= 0.6 is 0 Å². The summed E-state index contributed by atoms with van der Waals surface area (Å²) in [4.78, 5) is 36.3. The molecule has 0 aliphatic heterocycles. The lowest BCUT2D eigenvalue weighted by Crippen LogP contribution is -2.47. The van der Waals surface area contributed by atoms with Crippen LogP contribution in [0, 0.1) is 23.2 Å². The first-order valence-electron chi connectivity index (χ1n) is 7.90. The Bertz CT molecular complexity index is 658. The van der Waals surface area contributed by atoms with Crippen LogP contribution in [-0.2, 0) is 23.9 Å². The molecule has 0 saturated heterocycles. The maximum atomic E-state index is 12.8. The lowest BCUT2D eigenvalue weighted by Gasteiger charge is -2.44. The summed E-state index contributed by atoms with van der Waals surface area (Å²) in [6, 6.07) is 0. The zero-order valence-corrected chi connectivity index (χ0v) is 14.0. The maximum Gasteiger partial charge on any atom is 0.333 e. The number of fused-ring (bicyclic) bond motifs is 3. The van der Waals surface area contributed by atoms with Crippen LogP contribution in [0.5, 0.6) is 0 Å². The summed E-state index contributed by atoms with van der Waals surface area (Å²) >= 11 is 0. The van der Waals surface area contributed by atoms with Gasteiger partial charge < -0.3 is 9.47 Å². The lowest BCUT2D eigenvalue weighted by atomic mass is 9.62. The van der Waals surface area contributed by atoms with Gasteiger partial charge in [0.1, 0.15) is 6.10 Å². The topological polar surface area (TPSA) is 69.7 Å². The number of carbonyl (C=O) groups excluding carboxylic acids is 3. The molecule has 3 aliphatic rings. The lowest BCUT2D eigenvalue weighted by molar-refractivity contribution is -0.152. The minimum atomic E-state index is -0.738. The molecule has 0 N–H and O–H groups in total. The molecule has 0 amide bonds. The number of hydrogen-bond donors (Lipinski definition) is 0. The van der Waals surface area contributed by atoms with Crippen molar-refractivity contribution in [3.05, 3.63) is 23.3 Å². The van der Waals surface area contributed by atoms with Gasteiger partial charge >= 0.3 is 11.9 Å². The number of methoxy groups -OCH3 is 1. The quantitative estimate of drug-likeness (QED) is 0.443. The Kier molecular flexibility index (Phi) is 3.50. The van der Waals surface area contributed by atoms with Crippen LogP contribution in [0.4, 0.5) is 0 Å². The first kappa shape index (κ1) is 16.0. The number of rotatable bonds is 2. The van der Waals surface area contributed by atoms with Gasteiger partial charge in [0.15, 0.2) is 5.78 Å². The molecule has 3 rings (SSSR count). The van der Waals surface area contributed by atoms with E-state index in [0.29, 0.717) is 18.3 Å². The van der Waals surface area contributed by atoms with Gasteiger partial charge in [0.2, 0.25) is 0 Å². The van der Waals surface area contributed by atoms with Crippen molar-refractivity contribution in [1.29, 1.82) is 0 Å². The molecule has 0 radical (unpaired) electrons. The largest absolute Gasteiger partial charge is 0.466 e. The molecule has 3 fully saturated rings. The van der Waals surface area contributed by atoms with Crippen molar-refractivity contribution < 1.29 is 23.9 Å². The van der Waals surface area contributed by atoms with Crippen molar-refractivity contribution in [3.8, 4) is 0 Å². The Morgan fingerprint density at radius 3 is 2.52 bits per heavy atom. The average Bonchev–Trinajstić information content (AvgIpc) is 3.22. The smallest absolute Gasteiger partial charge is 0.333 e. The number of Topliss-reactive ketones (excluding diaryl/α,β-unsaturated/α-hetero) is 1. The van der Waals surface area contributed by atoms with E-state index in [1.165, 1.54) is 14.0 Å². The summed E-state index contributed by atoms with van der Waals surface area (Å²) in [5, 5.41) is 0. The molecule has 124 valence electrons. The highest BCUT2D eigenvalue weighted by molar-refractivity contribution is 6.05. The minimum Gasteiger partial charge on any atom is -0.466 e. The summed E-state index contributed by atoms with van der Waals surface area (Å²) in [6.45, 7) is 9.16. The van der Waals surface area contributed by atoms with E-state index in [9.17, 15) is 14.4 Å². The van der Waals surface area contributed by atoms with E-state index < -0.39 is 18.0 Å². The first-order valence-corrected chi connectivity index (χ1v) is 7.90. The minimum absolute atomic E-state index is 0.109. The molecule has 5 nitrogen and oxygen atoms in total. The van der Waals surface area contributed by atoms with Crippen molar-refractivity contribution in [2.45, 2.75) is 39.7 Å². The monoisotopic (exact) mass is 318 g/mol. The van der Waals surface area contributed by atoms with Crippen LogP contribution in [0.25, 0.3) is 0 Å². The average molecular weight is 318 g/mol. The van der Waals surface area contributed by atoms with Crippen LogP contribution in [-0.4, -0.2) is 30.9 Å². The van der Waals surface area contributed by atoms with E-state index >= 15 is 0 Å². The third-order valence-electron chi connectivity index (χ3n) is 5.84. The SMILES string of the molecule is C=C1C2CC2C2(C)CC(=O)C(=C(C)C(=O)OC)C(OC(C)=O)C12. The second-order valence-corrected chi connectivity index (χ2v) is 7.17. The van der Waals surface area contributed by atoms with Crippen molar-refractivity contribution in [2.75, 3.05) is 7.11 Å². The molecular formula is C18H22O5. The first-order chi connectivity index (χ1) is 10.7. The summed E-state index contributed by atoms with van der Waals surface area (Å²) in [6.07, 6.45) is 0.679. The number of ketones is 1. The Morgan fingerprint density at radius 2 is 1.96 bits per heavy atom. The van der Waals surface area contributed by atoms with Gasteiger partial charge in [-0.25, -0.2) is 4.79 Å². The number of ether oxygens (including phenoxy) is 2. The van der Waals surface area contributed by atoms with Crippen LogP contribution < -0.4 is 0 Å². The summed E-state index contributed by atoms with van der Waals surface area (Å²) in [5.41, 5.74) is 1.31. The highest BCUT2D eigenvalue weighted by Gasteiger charge is 2.68. The van der Waals surface area contributed by atoms with Gasteiger partial charge in [-0.15, -0.1) is 0 Å². The van der Waals surface area contributed by atoms with Crippen LogP contribution in [0.2, 0.25) is 0 Å². The molecule has 3 aliphatic carbocycles. The molecule has 0 bridgehead atoms. The normalized spacial score (nSPS) is 40.2. The molecule has 3 saturated carbocycles. The standard InChI is InChI=1S/C18H22O5/c1-8-11-6-12(11)18(4)7-13(20)14(9(2)17(21)22-5)16(15(8)18)23-10(3)19/h11-12,15-16H,1,6-7H2,2-5H3. The van der Waals surface area contributed by atoms with Gasteiger partial charge in [-0.05, 0) is 30.6 Å². The van der Waals surface area contributed by atoms with Crippen LogP contribution in [0.1, 0.15) is 33.6 Å². The molecular weight excluding hydrogens is 296 g/mol. The summed E-state index contributed by atoms with van der Waals surface area (Å²) in [5.74, 6) is -0.421.